The smallest absolute Gasteiger partial charge is 0.291 e. The van der Waals surface area contributed by atoms with Gasteiger partial charge in [0, 0.05) is 9.13 Å². The van der Waals surface area contributed by atoms with Crippen LogP contribution in [-0.4, -0.2) is 14.3 Å². The van der Waals surface area contributed by atoms with Crippen LogP contribution in [0.1, 0.15) is 16.1 Å². The SMILES string of the molecule is O=C(Nc1ccccc1I)c1occc1CS(=O)(=O)c1ccccc1. The largest absolute Gasteiger partial charge is 0.459 e. The number of furan rings is 1. The summed E-state index contributed by atoms with van der Waals surface area (Å²) >= 11 is 2.11. The molecule has 0 aliphatic heterocycles. The highest BCUT2D eigenvalue weighted by molar-refractivity contribution is 14.1. The molecule has 5 nitrogen and oxygen atoms in total. The molecule has 0 fully saturated rings. The second-order valence-electron chi connectivity index (χ2n) is 5.28. The Morgan fingerprint density at radius 1 is 1.00 bits per heavy atom. The molecule has 1 N–H and O–H groups in total. The van der Waals surface area contributed by atoms with Gasteiger partial charge in [-0.2, -0.15) is 0 Å². The monoisotopic (exact) mass is 467 g/mol. The lowest BCUT2D eigenvalue weighted by Gasteiger charge is -2.08. The summed E-state index contributed by atoms with van der Waals surface area (Å²) < 4.78 is 31.1. The number of halogens is 1. The minimum absolute atomic E-state index is 0.000779. The topological polar surface area (TPSA) is 76.4 Å². The summed E-state index contributed by atoms with van der Waals surface area (Å²) in [6.45, 7) is 0. The lowest BCUT2D eigenvalue weighted by Crippen LogP contribution is -2.15. The number of para-hydroxylation sites is 1. The lowest BCUT2D eigenvalue weighted by atomic mass is 10.2. The molecule has 0 spiro atoms. The van der Waals surface area contributed by atoms with Crippen molar-refractivity contribution in [2.24, 2.45) is 0 Å². The molecular weight excluding hydrogens is 453 g/mol. The maximum absolute atomic E-state index is 12.5. The number of rotatable bonds is 5. The van der Waals surface area contributed by atoms with E-state index in [9.17, 15) is 13.2 Å². The number of hydrogen-bond donors (Lipinski definition) is 1. The van der Waals surface area contributed by atoms with Crippen LogP contribution in [0.4, 0.5) is 5.69 Å². The first kappa shape index (κ1) is 17.7. The molecule has 0 bridgehead atoms. The first-order valence-corrected chi connectivity index (χ1v) is 10.1. The van der Waals surface area contributed by atoms with Gasteiger partial charge in [0.05, 0.1) is 22.6 Å². The molecule has 0 radical (unpaired) electrons. The van der Waals surface area contributed by atoms with Gasteiger partial charge in [0.25, 0.3) is 5.91 Å². The molecule has 1 aromatic heterocycles. The van der Waals surface area contributed by atoms with Crippen molar-refractivity contribution in [3.63, 3.8) is 0 Å². The van der Waals surface area contributed by atoms with E-state index in [0.717, 1.165) is 3.57 Å². The van der Waals surface area contributed by atoms with Crippen LogP contribution in [0.3, 0.4) is 0 Å². The number of benzene rings is 2. The molecule has 7 heteroatoms. The van der Waals surface area contributed by atoms with E-state index in [1.807, 2.05) is 12.1 Å². The summed E-state index contributed by atoms with van der Waals surface area (Å²) in [6.07, 6.45) is 1.32. The van der Waals surface area contributed by atoms with E-state index in [0.29, 0.717) is 11.3 Å². The molecule has 2 aromatic carbocycles. The number of carbonyl (C=O) groups is 1. The van der Waals surface area contributed by atoms with Gasteiger partial charge in [-0.15, -0.1) is 0 Å². The van der Waals surface area contributed by atoms with Crippen molar-refractivity contribution in [3.8, 4) is 0 Å². The molecule has 1 heterocycles. The fraction of sp³-hybridized carbons (Fsp3) is 0.0556. The number of nitrogens with one attached hydrogen (secondary N) is 1. The molecule has 3 aromatic rings. The van der Waals surface area contributed by atoms with E-state index in [2.05, 4.69) is 27.9 Å². The highest BCUT2D eigenvalue weighted by Gasteiger charge is 2.22. The second kappa shape index (κ2) is 7.40. The third-order valence-electron chi connectivity index (χ3n) is 3.52. The van der Waals surface area contributed by atoms with Crippen LogP contribution in [0.15, 0.2) is 76.2 Å². The molecule has 25 heavy (non-hydrogen) atoms. The van der Waals surface area contributed by atoms with E-state index in [4.69, 9.17) is 4.42 Å². The summed E-state index contributed by atoms with van der Waals surface area (Å²) in [5, 5.41) is 2.74. The van der Waals surface area contributed by atoms with E-state index in [-0.39, 0.29) is 16.4 Å². The molecule has 0 unspecified atom stereocenters. The van der Waals surface area contributed by atoms with Gasteiger partial charge >= 0.3 is 0 Å². The van der Waals surface area contributed by atoms with Crippen LogP contribution in [0.25, 0.3) is 0 Å². The Labute approximate surface area is 159 Å². The van der Waals surface area contributed by atoms with Crippen molar-refractivity contribution >= 4 is 44.0 Å². The molecule has 1 amide bonds. The van der Waals surface area contributed by atoms with Crippen LogP contribution < -0.4 is 5.32 Å². The quantitative estimate of drug-likeness (QED) is 0.574. The first-order valence-electron chi connectivity index (χ1n) is 7.37. The normalized spacial score (nSPS) is 11.2. The predicted molar refractivity (Wildman–Crippen MR) is 103 cm³/mol. The Bertz CT molecular complexity index is 997. The van der Waals surface area contributed by atoms with E-state index < -0.39 is 15.7 Å². The van der Waals surface area contributed by atoms with Gasteiger partial charge in [0.15, 0.2) is 15.6 Å². The maximum atomic E-state index is 12.5. The minimum atomic E-state index is -3.56. The van der Waals surface area contributed by atoms with Crippen LogP contribution in [0.2, 0.25) is 0 Å². The molecule has 128 valence electrons. The molecule has 0 aliphatic carbocycles. The average molecular weight is 467 g/mol. The second-order valence-corrected chi connectivity index (χ2v) is 8.43. The van der Waals surface area contributed by atoms with E-state index in [1.165, 1.54) is 24.5 Å². The van der Waals surface area contributed by atoms with Gasteiger partial charge in [-0.25, -0.2) is 8.42 Å². The number of carbonyl (C=O) groups excluding carboxylic acids is 1. The number of anilines is 1. The molecule has 0 saturated heterocycles. The highest BCUT2D eigenvalue weighted by Crippen LogP contribution is 2.22. The molecule has 0 saturated carbocycles. The summed E-state index contributed by atoms with van der Waals surface area (Å²) in [5.74, 6) is -0.783. The lowest BCUT2D eigenvalue weighted by molar-refractivity contribution is 0.0995. The van der Waals surface area contributed by atoms with Gasteiger partial charge < -0.3 is 9.73 Å². The van der Waals surface area contributed by atoms with Gasteiger partial charge in [0.2, 0.25) is 0 Å². The zero-order valence-electron chi connectivity index (χ0n) is 13.0. The zero-order chi connectivity index (χ0) is 17.9. The van der Waals surface area contributed by atoms with Crippen LogP contribution in [0.5, 0.6) is 0 Å². The summed E-state index contributed by atoms with van der Waals surface area (Å²) in [4.78, 5) is 12.7. The standard InChI is InChI=1S/C18H14INO4S/c19-15-8-4-5-9-16(15)20-18(21)17-13(10-11-24-17)12-25(22,23)14-6-2-1-3-7-14/h1-11H,12H2,(H,20,21). The summed E-state index contributed by atoms with van der Waals surface area (Å²) in [5.41, 5.74) is 0.966. The first-order chi connectivity index (χ1) is 12.0. The Morgan fingerprint density at radius 3 is 2.40 bits per heavy atom. The van der Waals surface area contributed by atoms with Crippen molar-refractivity contribution in [1.29, 1.82) is 0 Å². The van der Waals surface area contributed by atoms with Gasteiger partial charge in [-0.05, 0) is 52.9 Å². The third-order valence-corrected chi connectivity index (χ3v) is 6.15. The maximum Gasteiger partial charge on any atom is 0.291 e. The molecule has 0 atom stereocenters. The van der Waals surface area contributed by atoms with Gasteiger partial charge in [-0.1, -0.05) is 30.3 Å². The fourth-order valence-corrected chi connectivity index (χ4v) is 4.20. The Morgan fingerprint density at radius 2 is 1.68 bits per heavy atom. The van der Waals surface area contributed by atoms with Crippen molar-refractivity contribution in [2.45, 2.75) is 10.6 Å². The third kappa shape index (κ3) is 4.10. The Kier molecular flexibility index (Phi) is 5.24. The number of amides is 1. The molecule has 0 aliphatic rings. The minimum Gasteiger partial charge on any atom is -0.459 e. The molecular formula is C18H14INO4S. The fourth-order valence-electron chi connectivity index (χ4n) is 2.31. The van der Waals surface area contributed by atoms with Crippen molar-refractivity contribution < 1.29 is 17.6 Å². The number of hydrogen-bond acceptors (Lipinski definition) is 4. The summed E-state index contributed by atoms with van der Waals surface area (Å²) in [7, 11) is -3.56. The van der Waals surface area contributed by atoms with Crippen molar-refractivity contribution in [2.75, 3.05) is 5.32 Å². The van der Waals surface area contributed by atoms with Crippen molar-refractivity contribution in [3.05, 3.63) is 81.8 Å². The van der Waals surface area contributed by atoms with Crippen molar-refractivity contribution in [1.82, 2.24) is 0 Å². The van der Waals surface area contributed by atoms with Gasteiger partial charge in [-0.3, -0.25) is 4.79 Å². The Balaban J connectivity index is 1.83. The number of sulfone groups is 1. The Hall–Kier alpha value is -2.13. The zero-order valence-corrected chi connectivity index (χ0v) is 16.0. The molecule has 3 rings (SSSR count). The highest BCUT2D eigenvalue weighted by atomic mass is 127. The van der Waals surface area contributed by atoms with Crippen LogP contribution in [-0.2, 0) is 15.6 Å². The van der Waals surface area contributed by atoms with Gasteiger partial charge in [0.1, 0.15) is 0 Å². The van der Waals surface area contributed by atoms with Crippen LogP contribution in [0, 0.1) is 3.57 Å². The van der Waals surface area contributed by atoms with Crippen LogP contribution >= 0.6 is 22.6 Å². The average Bonchev–Trinajstić information content (AvgIpc) is 3.05. The predicted octanol–water partition coefficient (Wildman–Crippen LogP) is 4.11. The summed E-state index contributed by atoms with van der Waals surface area (Å²) in [6, 6.07) is 16.9. The van der Waals surface area contributed by atoms with E-state index >= 15 is 0 Å². The van der Waals surface area contributed by atoms with E-state index in [1.54, 1.807) is 30.3 Å².